The first-order valence-corrected chi connectivity index (χ1v) is 10.6. The van der Waals surface area contributed by atoms with Gasteiger partial charge in [-0.3, -0.25) is 10.1 Å². The first-order chi connectivity index (χ1) is 16.0. The minimum Gasteiger partial charge on any atom is -0.493 e. The van der Waals surface area contributed by atoms with E-state index in [9.17, 15) is 10.1 Å². The highest BCUT2D eigenvalue weighted by Gasteiger charge is 2.32. The number of thiocarbonyl (C=S) groups is 1. The molecule has 0 radical (unpaired) electrons. The minimum absolute atomic E-state index is 0.0255. The molecule has 33 heavy (non-hydrogen) atoms. The van der Waals surface area contributed by atoms with E-state index in [0.29, 0.717) is 34.6 Å². The molecule has 1 unspecified atom stereocenters. The van der Waals surface area contributed by atoms with Crippen molar-refractivity contribution in [3.05, 3.63) is 76.1 Å². The molecule has 2 aromatic carbocycles. The summed E-state index contributed by atoms with van der Waals surface area (Å²) in [5, 5.41) is 14.7. The van der Waals surface area contributed by atoms with E-state index in [-0.39, 0.29) is 11.7 Å². The van der Waals surface area contributed by atoms with Crippen LogP contribution in [-0.4, -0.2) is 47.4 Å². The number of hydrogen-bond acceptors (Lipinski definition) is 6. The number of aromatic nitrogens is 1. The number of ether oxygens (including phenoxy) is 3. The second-order valence-electron chi connectivity index (χ2n) is 7.42. The fourth-order valence-corrected chi connectivity index (χ4v) is 4.39. The van der Waals surface area contributed by atoms with Gasteiger partial charge in [0.25, 0.3) is 5.69 Å². The van der Waals surface area contributed by atoms with E-state index in [0.717, 1.165) is 17.8 Å². The van der Waals surface area contributed by atoms with Crippen LogP contribution in [-0.2, 0) is 6.54 Å². The molecule has 0 saturated heterocycles. The van der Waals surface area contributed by atoms with Crippen LogP contribution < -0.4 is 19.5 Å². The van der Waals surface area contributed by atoms with Crippen LogP contribution in [0, 0.1) is 10.1 Å². The molecule has 1 N–H and O–H groups in total. The molecule has 1 aromatic heterocycles. The third-order valence-corrected chi connectivity index (χ3v) is 5.97. The molecule has 4 rings (SSSR count). The van der Waals surface area contributed by atoms with Crippen molar-refractivity contribution in [3.8, 4) is 17.2 Å². The maximum atomic E-state index is 10.9. The monoisotopic (exact) mass is 468 g/mol. The summed E-state index contributed by atoms with van der Waals surface area (Å²) in [6.07, 6.45) is 2.05. The van der Waals surface area contributed by atoms with Crippen molar-refractivity contribution in [2.75, 3.05) is 33.2 Å². The van der Waals surface area contributed by atoms with Gasteiger partial charge in [-0.05, 0) is 54.2 Å². The Morgan fingerprint density at radius 2 is 1.73 bits per heavy atom. The molecule has 1 aliphatic heterocycles. The van der Waals surface area contributed by atoms with E-state index >= 15 is 0 Å². The van der Waals surface area contributed by atoms with Crippen molar-refractivity contribution in [2.45, 2.75) is 12.6 Å². The number of fused-ring (bicyclic) bond motifs is 1. The quantitative estimate of drug-likeness (QED) is 0.327. The second kappa shape index (κ2) is 9.37. The average Bonchev–Trinajstić information content (AvgIpc) is 3.31. The molecular weight excluding hydrogens is 444 g/mol. The molecule has 1 aliphatic rings. The Balaban J connectivity index is 1.71. The van der Waals surface area contributed by atoms with Gasteiger partial charge in [-0.15, -0.1) is 0 Å². The molecular formula is C23H24N4O5S. The van der Waals surface area contributed by atoms with Crippen LogP contribution in [0.1, 0.15) is 17.3 Å². The van der Waals surface area contributed by atoms with Crippen LogP contribution in [0.15, 0.2) is 54.7 Å². The van der Waals surface area contributed by atoms with Crippen LogP contribution >= 0.6 is 12.2 Å². The smallest absolute Gasteiger partial charge is 0.269 e. The second-order valence-corrected chi connectivity index (χ2v) is 7.80. The van der Waals surface area contributed by atoms with Gasteiger partial charge >= 0.3 is 0 Å². The van der Waals surface area contributed by atoms with Crippen LogP contribution in [0.25, 0.3) is 0 Å². The number of hydrogen-bond donors (Lipinski definition) is 1. The summed E-state index contributed by atoms with van der Waals surface area (Å²) < 4.78 is 18.8. The fraction of sp³-hybridized carbons (Fsp3) is 0.261. The number of nitrogens with one attached hydrogen (secondary N) is 1. The van der Waals surface area contributed by atoms with Gasteiger partial charge in [-0.1, -0.05) is 0 Å². The molecule has 9 nitrogen and oxygen atoms in total. The van der Waals surface area contributed by atoms with Gasteiger partial charge in [0.05, 0.1) is 32.3 Å². The van der Waals surface area contributed by atoms with E-state index in [1.807, 2.05) is 24.4 Å². The maximum Gasteiger partial charge on any atom is 0.269 e. The van der Waals surface area contributed by atoms with Crippen molar-refractivity contribution in [1.82, 2.24) is 9.47 Å². The average molecular weight is 469 g/mol. The van der Waals surface area contributed by atoms with Crippen LogP contribution in [0.2, 0.25) is 0 Å². The Labute approximate surface area is 196 Å². The Morgan fingerprint density at radius 1 is 1.06 bits per heavy atom. The Hall–Kier alpha value is -3.79. The van der Waals surface area contributed by atoms with Crippen molar-refractivity contribution >= 4 is 28.7 Å². The van der Waals surface area contributed by atoms with E-state index < -0.39 is 4.92 Å². The van der Waals surface area contributed by atoms with Crippen LogP contribution in [0.5, 0.6) is 17.2 Å². The molecule has 1 atom stereocenters. The van der Waals surface area contributed by atoms with Gasteiger partial charge in [0.15, 0.2) is 16.6 Å². The Morgan fingerprint density at radius 3 is 2.30 bits per heavy atom. The summed E-state index contributed by atoms with van der Waals surface area (Å²) in [5.41, 5.74) is 2.70. The van der Waals surface area contributed by atoms with E-state index in [1.165, 1.54) is 12.1 Å². The number of nitro groups is 1. The number of anilines is 1. The van der Waals surface area contributed by atoms with Gasteiger partial charge in [-0.2, -0.15) is 0 Å². The molecule has 0 bridgehead atoms. The number of methoxy groups -OCH3 is 3. The molecule has 0 amide bonds. The number of non-ortho nitro benzene ring substituents is 1. The molecule has 0 saturated carbocycles. The third-order valence-electron chi connectivity index (χ3n) is 5.63. The van der Waals surface area contributed by atoms with Gasteiger partial charge in [0.2, 0.25) is 5.75 Å². The summed E-state index contributed by atoms with van der Waals surface area (Å²) in [7, 11) is 4.74. The summed E-state index contributed by atoms with van der Waals surface area (Å²) in [6.45, 7) is 1.44. The van der Waals surface area contributed by atoms with Crippen molar-refractivity contribution in [2.24, 2.45) is 0 Å². The van der Waals surface area contributed by atoms with E-state index in [4.69, 9.17) is 26.4 Å². The highest BCUT2D eigenvalue weighted by molar-refractivity contribution is 7.80. The maximum absolute atomic E-state index is 10.9. The van der Waals surface area contributed by atoms with Crippen LogP contribution in [0.3, 0.4) is 0 Å². The first kappa shape index (κ1) is 22.4. The zero-order valence-electron chi connectivity index (χ0n) is 18.5. The summed E-state index contributed by atoms with van der Waals surface area (Å²) in [4.78, 5) is 12.6. The first-order valence-electron chi connectivity index (χ1n) is 10.2. The number of rotatable bonds is 6. The van der Waals surface area contributed by atoms with Gasteiger partial charge in [0, 0.05) is 42.8 Å². The lowest BCUT2D eigenvalue weighted by atomic mass is 9.99. The predicted molar refractivity (Wildman–Crippen MR) is 128 cm³/mol. The van der Waals surface area contributed by atoms with Crippen molar-refractivity contribution < 1.29 is 19.1 Å². The SMILES string of the molecule is COc1cc(C2c3cccn3CCN2C(=S)Nc2ccc([N+](=O)[O-])cc2)cc(OC)c1OC. The Bertz CT molecular complexity index is 1150. The lowest BCUT2D eigenvalue weighted by molar-refractivity contribution is -0.384. The number of benzene rings is 2. The largest absolute Gasteiger partial charge is 0.493 e. The normalized spacial score (nSPS) is 14.9. The van der Waals surface area contributed by atoms with Crippen molar-refractivity contribution in [3.63, 3.8) is 0 Å². The predicted octanol–water partition coefficient (Wildman–Crippen LogP) is 4.22. The highest BCUT2D eigenvalue weighted by Crippen LogP contribution is 2.43. The molecule has 172 valence electrons. The number of nitrogens with zero attached hydrogens (tertiary/aromatic N) is 3. The summed E-state index contributed by atoms with van der Waals surface area (Å²) in [6, 6.07) is 13.9. The molecule has 3 aromatic rings. The number of nitro benzene ring substituents is 1. The standard InChI is InChI=1S/C23H24N4O5S/c1-30-19-13-15(14-20(31-2)22(19)32-3)21-18-5-4-10-25(18)11-12-26(21)23(33)24-16-6-8-17(9-7-16)27(28)29/h4-10,13-14,21H,11-12H2,1-3H3,(H,24,33). The topological polar surface area (TPSA) is 91.0 Å². The van der Waals surface area contributed by atoms with E-state index in [2.05, 4.69) is 20.9 Å². The lowest BCUT2D eigenvalue weighted by Crippen LogP contribution is -2.44. The molecule has 0 fully saturated rings. The molecule has 2 heterocycles. The van der Waals surface area contributed by atoms with Gasteiger partial charge in [-0.25, -0.2) is 0 Å². The fourth-order valence-electron chi connectivity index (χ4n) is 4.07. The van der Waals surface area contributed by atoms with Crippen LogP contribution in [0.4, 0.5) is 11.4 Å². The molecule has 0 aliphatic carbocycles. The molecule has 10 heteroatoms. The third kappa shape index (κ3) is 4.29. The Kier molecular flexibility index (Phi) is 6.36. The summed E-state index contributed by atoms with van der Waals surface area (Å²) >= 11 is 5.78. The van der Waals surface area contributed by atoms with Gasteiger partial charge in [0.1, 0.15) is 0 Å². The zero-order chi connectivity index (χ0) is 23.5. The van der Waals surface area contributed by atoms with Crippen molar-refractivity contribution in [1.29, 1.82) is 0 Å². The summed E-state index contributed by atoms with van der Waals surface area (Å²) in [5.74, 6) is 1.64. The zero-order valence-corrected chi connectivity index (χ0v) is 19.3. The van der Waals surface area contributed by atoms with E-state index in [1.54, 1.807) is 33.5 Å². The molecule has 0 spiro atoms. The van der Waals surface area contributed by atoms with Gasteiger partial charge < -0.3 is 29.0 Å². The minimum atomic E-state index is -0.429. The highest BCUT2D eigenvalue weighted by atomic mass is 32.1. The lowest BCUT2D eigenvalue weighted by Gasteiger charge is -2.39.